The molecule has 2 amide bonds. The number of anilines is 2. The summed E-state index contributed by atoms with van der Waals surface area (Å²) in [6.07, 6.45) is 0.647. The van der Waals surface area contributed by atoms with E-state index in [0.29, 0.717) is 16.3 Å². The summed E-state index contributed by atoms with van der Waals surface area (Å²) in [7, 11) is 1.30. The third-order valence-corrected chi connectivity index (χ3v) is 9.06. The number of pyridine rings is 2. The second-order valence-corrected chi connectivity index (χ2v) is 14.5. The van der Waals surface area contributed by atoms with Gasteiger partial charge in [0.05, 0.1) is 42.0 Å². The highest BCUT2D eigenvalue weighted by Crippen LogP contribution is 2.44. The fraction of sp³-hybridized carbons (Fsp3) is 0.459. The molecule has 2 aliphatic heterocycles. The molecule has 0 aliphatic carbocycles. The van der Waals surface area contributed by atoms with Crippen molar-refractivity contribution in [3.05, 3.63) is 64.0 Å². The van der Waals surface area contributed by atoms with Crippen LogP contribution in [0.1, 0.15) is 82.7 Å². The summed E-state index contributed by atoms with van der Waals surface area (Å²) in [5.74, 6) is -3.46. The smallest absolute Gasteiger partial charge is 0.410 e. The van der Waals surface area contributed by atoms with E-state index < -0.39 is 65.2 Å². The van der Waals surface area contributed by atoms with E-state index in [0.717, 1.165) is 16.7 Å². The molecule has 1 aromatic carbocycles. The summed E-state index contributed by atoms with van der Waals surface area (Å²) >= 11 is 0. The molecule has 0 N–H and O–H groups in total. The van der Waals surface area contributed by atoms with Crippen LogP contribution in [0.4, 0.5) is 25.0 Å². The van der Waals surface area contributed by atoms with Crippen LogP contribution in [0.15, 0.2) is 35.4 Å². The van der Waals surface area contributed by atoms with Crippen molar-refractivity contribution in [1.29, 1.82) is 0 Å². The van der Waals surface area contributed by atoms with Crippen LogP contribution in [0, 0.1) is 11.6 Å². The predicted octanol–water partition coefficient (Wildman–Crippen LogP) is 6.17. The van der Waals surface area contributed by atoms with Crippen LogP contribution in [-0.4, -0.2) is 81.3 Å². The Hall–Kier alpha value is -5.14. The van der Waals surface area contributed by atoms with Gasteiger partial charge < -0.3 is 24.2 Å². The topological polar surface area (TPSA) is 123 Å². The Morgan fingerprint density at radius 2 is 1.67 bits per heavy atom. The predicted molar refractivity (Wildman–Crippen MR) is 190 cm³/mol. The highest BCUT2D eigenvalue weighted by Gasteiger charge is 2.47. The van der Waals surface area contributed by atoms with Gasteiger partial charge in [0.15, 0.2) is 11.5 Å². The Balaban J connectivity index is 1.78. The van der Waals surface area contributed by atoms with Crippen LogP contribution in [-0.2, 0) is 9.53 Å². The second-order valence-electron chi connectivity index (χ2n) is 14.5. The van der Waals surface area contributed by atoms with E-state index >= 15 is 13.6 Å². The fourth-order valence-electron chi connectivity index (χ4n) is 6.78. The SMILES string of the molecule is [2H]C([2H])([2H])N1C(=O)[C@H]2CN(C(=O)OC(C)(C)C)[C@H](C)CN2c2c1c(=O)n(-c1c(C(C)C)ncnc1C(C)C)c1nc(-c3c(F)cccc3OC)c(F)cc21. The number of fused-ring (bicyclic) bond motifs is 5. The number of hydrogen-bond donors (Lipinski definition) is 0. The van der Waals surface area contributed by atoms with Crippen molar-refractivity contribution >= 4 is 34.4 Å². The minimum Gasteiger partial charge on any atom is -0.496 e. The first-order valence-corrected chi connectivity index (χ1v) is 16.8. The van der Waals surface area contributed by atoms with Crippen LogP contribution in [0.2, 0.25) is 0 Å². The number of piperazine rings is 1. The van der Waals surface area contributed by atoms with Gasteiger partial charge in [0, 0.05) is 29.1 Å². The van der Waals surface area contributed by atoms with Gasteiger partial charge in [-0.1, -0.05) is 33.8 Å². The molecule has 2 atom stereocenters. The second kappa shape index (κ2) is 12.9. The molecule has 1 saturated heterocycles. The van der Waals surface area contributed by atoms with Gasteiger partial charge in [-0.3, -0.25) is 14.2 Å². The molecule has 4 aromatic rings. The average molecular weight is 707 g/mol. The number of hydrogen-bond acceptors (Lipinski definition) is 9. The lowest BCUT2D eigenvalue weighted by Gasteiger charge is -2.49. The Morgan fingerprint density at radius 3 is 2.25 bits per heavy atom. The molecule has 51 heavy (non-hydrogen) atoms. The molecule has 14 heteroatoms. The molecule has 3 aromatic heterocycles. The number of benzene rings is 1. The number of halogens is 2. The van der Waals surface area contributed by atoms with Crippen LogP contribution < -0.4 is 20.1 Å². The average Bonchev–Trinajstić information content (AvgIpc) is 3.06. The quantitative estimate of drug-likeness (QED) is 0.240. The first-order chi connectivity index (χ1) is 25.2. The lowest BCUT2D eigenvalue weighted by molar-refractivity contribution is -0.121. The summed E-state index contributed by atoms with van der Waals surface area (Å²) in [5.41, 5.74) is -2.41. The molecule has 6 rings (SSSR count). The van der Waals surface area contributed by atoms with E-state index in [1.807, 2.05) is 27.7 Å². The molecule has 270 valence electrons. The number of rotatable bonds is 5. The Labute approximate surface area is 299 Å². The first kappa shape index (κ1) is 31.8. The normalized spacial score (nSPS) is 18.8. The maximum Gasteiger partial charge on any atom is 0.410 e. The minimum atomic E-state index is -3.20. The van der Waals surface area contributed by atoms with Crippen LogP contribution >= 0.6 is 0 Å². The maximum absolute atomic E-state index is 16.7. The number of amides is 2. The summed E-state index contributed by atoms with van der Waals surface area (Å²) in [5, 5.41) is -0.0425. The van der Waals surface area contributed by atoms with Crippen LogP contribution in [0.25, 0.3) is 28.0 Å². The molecular weight excluding hydrogens is 660 g/mol. The zero-order chi connectivity index (χ0) is 39.8. The zero-order valence-electron chi connectivity index (χ0n) is 33.0. The summed E-state index contributed by atoms with van der Waals surface area (Å²) in [6.45, 7) is 10.6. The third kappa shape index (κ3) is 5.93. The number of methoxy groups -OCH3 is 1. The van der Waals surface area contributed by atoms with Crippen LogP contribution in [0.5, 0.6) is 5.75 Å². The molecular formula is C37H43F2N7O5. The molecule has 0 bridgehead atoms. The van der Waals surface area contributed by atoms with Gasteiger partial charge in [-0.15, -0.1) is 0 Å². The number of carbonyl (C=O) groups excluding carboxylic acids is 2. The Kier molecular flexibility index (Phi) is 8.03. The van der Waals surface area contributed by atoms with E-state index in [2.05, 4.69) is 15.0 Å². The monoisotopic (exact) mass is 706 g/mol. The van der Waals surface area contributed by atoms with Crippen molar-refractivity contribution in [1.82, 2.24) is 24.4 Å². The van der Waals surface area contributed by atoms with E-state index in [4.69, 9.17) is 13.6 Å². The number of likely N-dealkylation sites (N-methyl/N-ethyl adjacent to an activating group) is 1. The Morgan fingerprint density at radius 1 is 1.00 bits per heavy atom. The van der Waals surface area contributed by atoms with Gasteiger partial charge in [0.25, 0.3) is 11.5 Å². The van der Waals surface area contributed by atoms with Gasteiger partial charge in [0.1, 0.15) is 40.9 Å². The van der Waals surface area contributed by atoms with Gasteiger partial charge >= 0.3 is 6.09 Å². The lowest BCUT2D eigenvalue weighted by Crippen LogP contribution is -2.66. The van der Waals surface area contributed by atoms with E-state index in [1.54, 1.807) is 27.7 Å². The molecule has 0 spiro atoms. The zero-order valence-corrected chi connectivity index (χ0v) is 30.0. The summed E-state index contributed by atoms with van der Waals surface area (Å²) in [6, 6.07) is 3.09. The van der Waals surface area contributed by atoms with Crippen molar-refractivity contribution in [3.63, 3.8) is 0 Å². The molecule has 5 heterocycles. The van der Waals surface area contributed by atoms with Crippen molar-refractivity contribution < 1.29 is 32.0 Å². The molecule has 2 aliphatic rings. The molecule has 0 unspecified atom stereocenters. The summed E-state index contributed by atoms with van der Waals surface area (Å²) < 4.78 is 70.0. The largest absolute Gasteiger partial charge is 0.496 e. The molecule has 0 saturated carbocycles. The Bertz CT molecular complexity index is 2210. The van der Waals surface area contributed by atoms with Gasteiger partial charge in [-0.2, -0.15) is 0 Å². The number of nitrogens with zero attached hydrogens (tertiary/aromatic N) is 7. The van der Waals surface area contributed by atoms with E-state index in [-0.39, 0.29) is 58.6 Å². The molecule has 1 fully saturated rings. The highest BCUT2D eigenvalue weighted by molar-refractivity contribution is 6.12. The maximum atomic E-state index is 16.7. The third-order valence-electron chi connectivity index (χ3n) is 9.06. The lowest BCUT2D eigenvalue weighted by atomic mass is 9.97. The number of ether oxygens (including phenoxy) is 2. The molecule has 12 nitrogen and oxygen atoms in total. The van der Waals surface area contributed by atoms with Crippen molar-refractivity contribution in [2.45, 2.75) is 84.9 Å². The van der Waals surface area contributed by atoms with Gasteiger partial charge in [-0.05, 0) is 57.7 Å². The minimum absolute atomic E-state index is 0.0206. The van der Waals surface area contributed by atoms with E-state index in [9.17, 15) is 9.59 Å². The standard InChI is InChI=1S/C37H43F2N7O5/c1-18(2)27-31(28(19(3)4)41-17-40-27)46-33-21(14-23(39)29(42-33)26-22(38)12-11-13-25(26)50-10)30-32(35(46)48)43(9)34(47)24-16-44(20(5)15-45(24)30)36(49)51-37(6,7)8/h11-14,17-20,24H,15-16H2,1-10H3/t20-,24-/m1/s1/i9D3. The summed E-state index contributed by atoms with van der Waals surface area (Å²) in [4.78, 5) is 60.1. The van der Waals surface area contributed by atoms with Crippen LogP contribution in [0.3, 0.4) is 0 Å². The first-order valence-electron chi connectivity index (χ1n) is 18.3. The highest BCUT2D eigenvalue weighted by atomic mass is 19.1. The van der Waals surface area contributed by atoms with Gasteiger partial charge in [-0.25, -0.2) is 28.5 Å². The van der Waals surface area contributed by atoms with E-state index in [1.165, 1.54) is 35.4 Å². The van der Waals surface area contributed by atoms with Crippen molar-refractivity contribution in [2.75, 3.05) is 37.0 Å². The van der Waals surface area contributed by atoms with Crippen molar-refractivity contribution in [2.24, 2.45) is 0 Å². The fourth-order valence-corrected chi connectivity index (χ4v) is 6.78. The van der Waals surface area contributed by atoms with Gasteiger partial charge in [0.2, 0.25) is 0 Å². The molecule has 0 radical (unpaired) electrons. The number of aromatic nitrogens is 4. The van der Waals surface area contributed by atoms with Crippen molar-refractivity contribution in [3.8, 4) is 22.7 Å². The number of carbonyl (C=O) groups is 2.